The van der Waals surface area contributed by atoms with E-state index >= 15 is 0 Å². The summed E-state index contributed by atoms with van der Waals surface area (Å²) in [7, 11) is 0. The Morgan fingerprint density at radius 2 is 1.75 bits per heavy atom. The number of benzene rings is 2. The molecule has 2 amide bonds. The molecule has 3 rings (SSSR count). The van der Waals surface area contributed by atoms with E-state index in [1.807, 2.05) is 0 Å². The molecular weight excluding hydrogens is 362 g/mol. The largest absolute Gasteiger partial charge is 0.481 e. The number of non-ortho nitro benzene ring substituents is 1. The monoisotopic (exact) mass is 383 g/mol. The molecule has 1 saturated heterocycles. The van der Waals surface area contributed by atoms with Gasteiger partial charge in [0.2, 0.25) is 0 Å². The number of hydrogen-bond acceptors (Lipinski definition) is 5. The van der Waals surface area contributed by atoms with E-state index in [9.17, 15) is 19.7 Å². The van der Waals surface area contributed by atoms with Gasteiger partial charge < -0.3 is 15.0 Å². The third-order valence-electron chi connectivity index (χ3n) is 4.54. The molecule has 1 aliphatic rings. The minimum atomic E-state index is -0.851. The van der Waals surface area contributed by atoms with Gasteiger partial charge >= 0.3 is 0 Å². The van der Waals surface area contributed by atoms with Gasteiger partial charge in [0.1, 0.15) is 5.75 Å². The number of para-hydroxylation sites is 1. The molecule has 1 unspecified atom stereocenters. The maximum Gasteiger partial charge on any atom is 0.269 e. The van der Waals surface area contributed by atoms with E-state index in [4.69, 9.17) is 4.74 Å². The number of carbonyl (C=O) groups excluding carboxylic acids is 2. The first-order valence-electron chi connectivity index (χ1n) is 9.06. The van der Waals surface area contributed by atoms with E-state index in [0.717, 1.165) is 25.9 Å². The average molecular weight is 383 g/mol. The molecule has 2 aromatic rings. The van der Waals surface area contributed by atoms with Gasteiger partial charge in [0.15, 0.2) is 6.10 Å². The number of nitrogens with zero attached hydrogens (tertiary/aromatic N) is 2. The molecular formula is C20H21N3O5. The van der Waals surface area contributed by atoms with E-state index in [1.54, 1.807) is 36.1 Å². The lowest BCUT2D eigenvalue weighted by Gasteiger charge is -2.19. The van der Waals surface area contributed by atoms with Crippen LogP contribution in [0.25, 0.3) is 0 Å². The molecule has 8 nitrogen and oxygen atoms in total. The molecule has 1 atom stereocenters. The fourth-order valence-corrected chi connectivity index (χ4v) is 3.01. The van der Waals surface area contributed by atoms with Crippen molar-refractivity contribution in [1.82, 2.24) is 4.90 Å². The molecule has 28 heavy (non-hydrogen) atoms. The summed E-state index contributed by atoms with van der Waals surface area (Å²) in [6.45, 7) is 3.02. The van der Waals surface area contributed by atoms with Crippen molar-refractivity contribution in [2.75, 3.05) is 18.4 Å². The van der Waals surface area contributed by atoms with E-state index in [0.29, 0.717) is 17.0 Å². The quantitative estimate of drug-likeness (QED) is 0.609. The zero-order valence-electron chi connectivity index (χ0n) is 15.5. The third kappa shape index (κ3) is 4.46. The maximum absolute atomic E-state index is 12.7. The Hall–Kier alpha value is -3.42. The van der Waals surface area contributed by atoms with Gasteiger partial charge in [-0.3, -0.25) is 19.7 Å². The summed E-state index contributed by atoms with van der Waals surface area (Å²) >= 11 is 0. The first kappa shape index (κ1) is 19.3. The minimum absolute atomic E-state index is 0.0567. The number of amides is 2. The topological polar surface area (TPSA) is 102 Å². The van der Waals surface area contributed by atoms with Crippen LogP contribution >= 0.6 is 0 Å². The molecule has 0 saturated carbocycles. The van der Waals surface area contributed by atoms with Gasteiger partial charge in [0.05, 0.1) is 16.2 Å². The zero-order chi connectivity index (χ0) is 20.1. The Bertz CT molecular complexity index is 876. The highest BCUT2D eigenvalue weighted by Crippen LogP contribution is 2.22. The zero-order valence-corrected chi connectivity index (χ0v) is 15.5. The molecule has 8 heteroatoms. The first-order chi connectivity index (χ1) is 13.5. The summed E-state index contributed by atoms with van der Waals surface area (Å²) in [6, 6.07) is 12.4. The van der Waals surface area contributed by atoms with Crippen molar-refractivity contribution >= 4 is 23.2 Å². The van der Waals surface area contributed by atoms with E-state index in [1.165, 1.54) is 24.3 Å². The summed E-state index contributed by atoms with van der Waals surface area (Å²) in [4.78, 5) is 37.2. The number of ether oxygens (including phenoxy) is 1. The van der Waals surface area contributed by atoms with Crippen LogP contribution in [0.1, 0.15) is 30.1 Å². The predicted octanol–water partition coefficient (Wildman–Crippen LogP) is 3.24. The van der Waals surface area contributed by atoms with E-state index < -0.39 is 16.9 Å². The van der Waals surface area contributed by atoms with Crippen LogP contribution in [0.5, 0.6) is 5.75 Å². The number of nitro benzene ring substituents is 1. The Kier molecular flexibility index (Phi) is 5.88. The number of carbonyl (C=O) groups is 2. The fraction of sp³-hybridized carbons (Fsp3) is 0.300. The van der Waals surface area contributed by atoms with Crippen molar-refractivity contribution < 1.29 is 19.2 Å². The first-order valence-corrected chi connectivity index (χ1v) is 9.06. The van der Waals surface area contributed by atoms with Gasteiger partial charge in [-0.1, -0.05) is 12.1 Å². The van der Waals surface area contributed by atoms with Gasteiger partial charge in [-0.15, -0.1) is 0 Å². The molecule has 1 N–H and O–H groups in total. The smallest absolute Gasteiger partial charge is 0.269 e. The highest BCUT2D eigenvalue weighted by molar-refractivity contribution is 6.04. The van der Waals surface area contributed by atoms with Gasteiger partial charge in [0, 0.05) is 25.2 Å². The molecule has 0 radical (unpaired) electrons. The summed E-state index contributed by atoms with van der Waals surface area (Å²) in [5, 5.41) is 13.4. The second-order valence-corrected chi connectivity index (χ2v) is 6.55. The van der Waals surface area contributed by atoms with Crippen molar-refractivity contribution in [2.45, 2.75) is 25.9 Å². The Morgan fingerprint density at radius 1 is 1.11 bits per heavy atom. The average Bonchev–Trinajstić information content (AvgIpc) is 3.23. The van der Waals surface area contributed by atoms with Gasteiger partial charge in [-0.05, 0) is 44.0 Å². The standard InChI is InChI=1S/C20H21N3O5/c1-14(28-16-10-8-15(9-11-16)23(26)27)19(24)21-18-7-3-2-6-17(18)20(25)22-12-4-5-13-22/h2-3,6-11,14H,4-5,12-13H2,1H3,(H,21,24). The van der Waals surface area contributed by atoms with Crippen LogP contribution in [0.3, 0.4) is 0 Å². The van der Waals surface area contributed by atoms with E-state index in [2.05, 4.69) is 5.32 Å². The summed E-state index contributed by atoms with van der Waals surface area (Å²) in [5.41, 5.74) is 0.822. The fourth-order valence-electron chi connectivity index (χ4n) is 3.01. The highest BCUT2D eigenvalue weighted by atomic mass is 16.6. The number of nitrogens with one attached hydrogen (secondary N) is 1. The van der Waals surface area contributed by atoms with Crippen molar-refractivity contribution in [3.8, 4) is 5.75 Å². The Labute approximate surface area is 162 Å². The van der Waals surface area contributed by atoms with Crippen molar-refractivity contribution in [3.05, 3.63) is 64.2 Å². The summed E-state index contributed by atoms with van der Waals surface area (Å²) < 4.78 is 5.55. The van der Waals surface area contributed by atoms with Crippen LogP contribution in [-0.4, -0.2) is 40.8 Å². The molecule has 0 spiro atoms. The molecule has 1 aliphatic heterocycles. The molecule has 0 aromatic heterocycles. The molecule has 146 valence electrons. The van der Waals surface area contributed by atoms with Crippen LogP contribution in [-0.2, 0) is 4.79 Å². The lowest BCUT2D eigenvalue weighted by molar-refractivity contribution is -0.384. The molecule has 0 bridgehead atoms. The number of nitro groups is 1. The van der Waals surface area contributed by atoms with Crippen LogP contribution in [0.4, 0.5) is 11.4 Å². The lowest BCUT2D eigenvalue weighted by Crippen LogP contribution is -2.32. The summed E-state index contributed by atoms with van der Waals surface area (Å²) in [6.07, 6.45) is 1.12. The lowest BCUT2D eigenvalue weighted by atomic mass is 10.1. The van der Waals surface area contributed by atoms with E-state index in [-0.39, 0.29) is 11.6 Å². The van der Waals surface area contributed by atoms with Crippen LogP contribution < -0.4 is 10.1 Å². The van der Waals surface area contributed by atoms with Gasteiger partial charge in [-0.25, -0.2) is 0 Å². The normalized spacial score (nSPS) is 14.4. The summed E-state index contributed by atoms with van der Waals surface area (Å²) in [5.74, 6) is -0.174. The van der Waals surface area contributed by atoms with Crippen LogP contribution in [0.15, 0.2) is 48.5 Å². The predicted molar refractivity (Wildman–Crippen MR) is 103 cm³/mol. The van der Waals surface area contributed by atoms with Crippen LogP contribution in [0.2, 0.25) is 0 Å². The molecule has 1 fully saturated rings. The second-order valence-electron chi connectivity index (χ2n) is 6.55. The SMILES string of the molecule is CC(Oc1ccc([N+](=O)[O-])cc1)C(=O)Nc1ccccc1C(=O)N1CCCC1. The van der Waals surface area contributed by atoms with Crippen molar-refractivity contribution in [3.63, 3.8) is 0 Å². The number of anilines is 1. The Morgan fingerprint density at radius 3 is 2.39 bits per heavy atom. The maximum atomic E-state index is 12.7. The van der Waals surface area contributed by atoms with Crippen molar-refractivity contribution in [1.29, 1.82) is 0 Å². The molecule has 2 aromatic carbocycles. The third-order valence-corrected chi connectivity index (χ3v) is 4.54. The number of hydrogen-bond donors (Lipinski definition) is 1. The number of likely N-dealkylation sites (tertiary alicyclic amines) is 1. The number of rotatable bonds is 6. The highest BCUT2D eigenvalue weighted by Gasteiger charge is 2.23. The van der Waals surface area contributed by atoms with Crippen LogP contribution in [0, 0.1) is 10.1 Å². The minimum Gasteiger partial charge on any atom is -0.481 e. The second kappa shape index (κ2) is 8.51. The Balaban J connectivity index is 1.67. The van der Waals surface area contributed by atoms with Gasteiger partial charge in [0.25, 0.3) is 17.5 Å². The molecule has 0 aliphatic carbocycles. The molecule has 1 heterocycles. The van der Waals surface area contributed by atoms with Gasteiger partial charge in [-0.2, -0.15) is 0 Å². The van der Waals surface area contributed by atoms with Crippen molar-refractivity contribution in [2.24, 2.45) is 0 Å².